The Kier molecular flexibility index (Phi) is 8.48. The van der Waals surface area contributed by atoms with Crippen LogP contribution in [0.5, 0.6) is 0 Å². The number of primary amides is 1. The van der Waals surface area contributed by atoms with Gasteiger partial charge in [0.05, 0.1) is 4.92 Å². The van der Waals surface area contributed by atoms with Crippen LogP contribution in [0.15, 0.2) is 36.7 Å². The molecule has 0 fully saturated rings. The van der Waals surface area contributed by atoms with Gasteiger partial charge >= 0.3 is 5.69 Å². The lowest BCUT2D eigenvalue weighted by atomic mass is 10.0. The van der Waals surface area contributed by atoms with Crippen molar-refractivity contribution >= 4 is 35.0 Å². The van der Waals surface area contributed by atoms with Crippen molar-refractivity contribution in [1.29, 1.82) is 0 Å². The van der Waals surface area contributed by atoms with Crippen LogP contribution < -0.4 is 27.0 Å². The van der Waals surface area contributed by atoms with Gasteiger partial charge in [0.2, 0.25) is 29.4 Å². The summed E-state index contributed by atoms with van der Waals surface area (Å²) in [6, 6.07) is 6.13. The van der Waals surface area contributed by atoms with Gasteiger partial charge in [-0.15, -0.1) is 0 Å². The molecule has 1 aromatic carbocycles. The highest BCUT2D eigenvalue weighted by atomic mass is 16.6. The van der Waals surface area contributed by atoms with Crippen LogP contribution in [0.1, 0.15) is 31.7 Å². The lowest BCUT2D eigenvalue weighted by molar-refractivity contribution is -0.383. The second-order valence-corrected chi connectivity index (χ2v) is 8.18. The molecule has 1 aromatic heterocycles. The summed E-state index contributed by atoms with van der Waals surface area (Å²) in [6.45, 7) is 1.81. The van der Waals surface area contributed by atoms with Crippen LogP contribution in [0, 0.1) is 10.1 Å². The van der Waals surface area contributed by atoms with Crippen LogP contribution >= 0.6 is 0 Å². The summed E-state index contributed by atoms with van der Waals surface area (Å²) in [5, 5.41) is 22.7. The molecule has 3 rings (SSSR count). The minimum absolute atomic E-state index is 0.00825. The van der Waals surface area contributed by atoms with E-state index >= 15 is 0 Å². The highest BCUT2D eigenvalue weighted by Gasteiger charge is 2.30. The first kappa shape index (κ1) is 25.3. The molecule has 2 aromatic rings. The third-order valence-electron chi connectivity index (χ3n) is 5.54. The Labute approximate surface area is 201 Å². The quantitative estimate of drug-likeness (QED) is 0.303. The van der Waals surface area contributed by atoms with Crippen LogP contribution in [-0.2, 0) is 20.8 Å². The van der Waals surface area contributed by atoms with Gasteiger partial charge in [-0.2, -0.15) is 0 Å². The number of nitrogens with two attached hydrogens (primary N) is 1. The van der Waals surface area contributed by atoms with Gasteiger partial charge in [0, 0.05) is 13.0 Å². The van der Waals surface area contributed by atoms with Crippen molar-refractivity contribution in [2.45, 2.75) is 50.7 Å². The number of rotatable bonds is 4. The molecule has 1 aliphatic rings. The molecule has 1 aliphatic heterocycles. The zero-order valence-electron chi connectivity index (χ0n) is 19.2. The number of nitrogens with one attached hydrogen (secondary N) is 4. The number of amides is 3. The summed E-state index contributed by atoms with van der Waals surface area (Å²) in [5.41, 5.74) is 5.89. The smallest absolute Gasteiger partial charge is 0.353 e. The minimum Gasteiger partial charge on any atom is -0.368 e. The fraction of sp³-hybridized carbons (Fsp3) is 0.409. The predicted molar refractivity (Wildman–Crippen MR) is 127 cm³/mol. The molecule has 13 nitrogen and oxygen atoms in total. The molecule has 0 spiro atoms. The lowest BCUT2D eigenvalue weighted by Crippen LogP contribution is -2.55. The van der Waals surface area contributed by atoms with Gasteiger partial charge in [-0.25, -0.2) is 9.97 Å². The van der Waals surface area contributed by atoms with E-state index in [9.17, 15) is 24.5 Å². The Balaban J connectivity index is 1.92. The van der Waals surface area contributed by atoms with Gasteiger partial charge in [-0.3, -0.25) is 24.5 Å². The number of nitrogens with zero attached hydrogens (tertiary/aromatic N) is 3. The maximum Gasteiger partial charge on any atom is 0.353 e. The average Bonchev–Trinajstić information content (AvgIpc) is 2.82. The third-order valence-corrected chi connectivity index (χ3v) is 5.54. The number of fused-ring (bicyclic) bond motifs is 2. The fourth-order valence-corrected chi connectivity index (χ4v) is 3.65. The summed E-state index contributed by atoms with van der Waals surface area (Å²) in [6.07, 6.45) is 2.62. The van der Waals surface area contributed by atoms with Gasteiger partial charge in [0.25, 0.3) is 0 Å². The molecule has 13 heteroatoms. The van der Waals surface area contributed by atoms with E-state index in [0.717, 1.165) is 11.9 Å². The van der Waals surface area contributed by atoms with Crippen molar-refractivity contribution in [3.05, 3.63) is 52.3 Å². The topological polar surface area (TPSA) is 194 Å². The molecule has 186 valence electrons. The van der Waals surface area contributed by atoms with Crippen LogP contribution in [-0.4, -0.2) is 57.3 Å². The molecule has 6 N–H and O–H groups in total. The molecule has 35 heavy (non-hydrogen) atoms. The van der Waals surface area contributed by atoms with E-state index in [-0.39, 0.29) is 24.5 Å². The van der Waals surface area contributed by atoms with E-state index in [4.69, 9.17) is 5.73 Å². The normalized spacial score (nSPS) is 21.6. The van der Waals surface area contributed by atoms with Crippen LogP contribution in [0.4, 0.5) is 17.3 Å². The number of benzene rings is 1. The molecule has 3 amide bonds. The molecule has 2 bridgehead atoms. The second kappa shape index (κ2) is 11.7. The summed E-state index contributed by atoms with van der Waals surface area (Å²) in [4.78, 5) is 57.0. The van der Waals surface area contributed by atoms with E-state index in [0.29, 0.717) is 19.4 Å². The van der Waals surface area contributed by atoms with E-state index in [1.165, 1.54) is 6.92 Å². The molecule has 0 saturated heterocycles. The largest absolute Gasteiger partial charge is 0.368 e. The van der Waals surface area contributed by atoms with Crippen molar-refractivity contribution < 1.29 is 19.3 Å². The first-order chi connectivity index (χ1) is 16.8. The molecule has 2 heterocycles. The molecule has 0 radical (unpaired) electrons. The van der Waals surface area contributed by atoms with Crippen molar-refractivity contribution in [2.24, 2.45) is 5.73 Å². The monoisotopic (exact) mass is 484 g/mol. The predicted octanol–water partition coefficient (Wildman–Crippen LogP) is 0.479. The number of carbonyl (C=O) groups excluding carboxylic acids is 3. The van der Waals surface area contributed by atoms with Crippen molar-refractivity contribution in [2.75, 3.05) is 17.2 Å². The summed E-state index contributed by atoms with van der Waals surface area (Å²) in [5.74, 6) is -1.96. The zero-order valence-corrected chi connectivity index (χ0v) is 19.2. The summed E-state index contributed by atoms with van der Waals surface area (Å²) >= 11 is 0. The molecule has 0 saturated carbocycles. The summed E-state index contributed by atoms with van der Waals surface area (Å²) < 4.78 is 0. The van der Waals surface area contributed by atoms with Gasteiger partial charge in [0.15, 0.2) is 0 Å². The van der Waals surface area contributed by atoms with Gasteiger partial charge in [-0.05, 0) is 31.7 Å². The molecular formula is C22H28N8O5. The van der Waals surface area contributed by atoms with Gasteiger partial charge in [0.1, 0.15) is 24.5 Å². The van der Waals surface area contributed by atoms with Crippen LogP contribution in [0.25, 0.3) is 0 Å². The Hall–Kier alpha value is -4.29. The van der Waals surface area contributed by atoms with E-state index in [1.807, 2.05) is 18.2 Å². The Morgan fingerprint density at radius 2 is 1.80 bits per heavy atom. The van der Waals surface area contributed by atoms with Crippen LogP contribution in [0.2, 0.25) is 0 Å². The van der Waals surface area contributed by atoms with E-state index < -0.39 is 46.5 Å². The standard InChI is InChI=1S/C22H28N8O5/c1-13-21(32)29-16(11-14-7-3-2-4-8-14)22(33)28-15(18(23)31)9-5-6-10-24-19-17(30(34)35)20(27-13)26-12-25-19/h2-4,7-8,12-13,15-16H,5-6,9-11H2,1H3,(H2,23,31)(H,28,33)(H,29,32)(H2,24,25,26,27)/t13-,15-,16?/m0/s1. The fourth-order valence-electron chi connectivity index (χ4n) is 3.65. The third kappa shape index (κ3) is 6.85. The number of aromatic nitrogens is 2. The van der Waals surface area contributed by atoms with Crippen molar-refractivity contribution in [1.82, 2.24) is 20.6 Å². The van der Waals surface area contributed by atoms with E-state index in [2.05, 4.69) is 31.2 Å². The number of carbonyl (C=O) groups is 3. The zero-order chi connectivity index (χ0) is 25.4. The average molecular weight is 485 g/mol. The molecular weight excluding hydrogens is 456 g/mol. The Bertz CT molecular complexity index is 1080. The molecule has 0 aliphatic carbocycles. The maximum atomic E-state index is 13.1. The van der Waals surface area contributed by atoms with Crippen molar-refractivity contribution in [3.63, 3.8) is 0 Å². The number of nitro groups is 1. The highest BCUT2D eigenvalue weighted by molar-refractivity contribution is 5.93. The number of hydrogen-bond donors (Lipinski definition) is 5. The minimum atomic E-state index is -1.01. The lowest BCUT2D eigenvalue weighted by Gasteiger charge is -2.24. The SMILES string of the molecule is C[C@@H]1Nc2ncnc(c2[N+](=O)[O-])NCCCC[C@@H](C(N)=O)NC(=O)C(Cc2ccccc2)NC1=O. The van der Waals surface area contributed by atoms with E-state index in [1.54, 1.807) is 12.1 Å². The van der Waals surface area contributed by atoms with Gasteiger partial charge in [-0.1, -0.05) is 30.3 Å². The first-order valence-electron chi connectivity index (χ1n) is 11.2. The van der Waals surface area contributed by atoms with Crippen molar-refractivity contribution in [3.8, 4) is 0 Å². The highest BCUT2D eigenvalue weighted by Crippen LogP contribution is 2.29. The second-order valence-electron chi connectivity index (χ2n) is 8.18. The maximum absolute atomic E-state index is 13.1. The Morgan fingerprint density at radius 1 is 1.09 bits per heavy atom. The first-order valence-corrected chi connectivity index (χ1v) is 11.2. The number of anilines is 2. The number of hydrogen-bond acceptors (Lipinski definition) is 9. The molecule has 3 atom stereocenters. The summed E-state index contributed by atoms with van der Waals surface area (Å²) in [7, 11) is 0. The molecule has 1 unspecified atom stereocenters. The Morgan fingerprint density at radius 3 is 2.49 bits per heavy atom. The van der Waals surface area contributed by atoms with Gasteiger partial charge < -0.3 is 27.0 Å². The van der Waals surface area contributed by atoms with Crippen LogP contribution in [0.3, 0.4) is 0 Å².